The highest BCUT2D eigenvalue weighted by Gasteiger charge is 2.21. The Balaban J connectivity index is 2.18. The Morgan fingerprint density at radius 3 is 2.58 bits per heavy atom. The molecule has 0 aliphatic carbocycles. The Hall–Kier alpha value is -3.12. The molecule has 24 heavy (non-hydrogen) atoms. The number of aryl methyl sites for hydroxylation is 3. The minimum Gasteiger partial charge on any atom is -0.466 e. The van der Waals surface area contributed by atoms with Gasteiger partial charge in [-0.3, -0.25) is 0 Å². The second kappa shape index (κ2) is 5.21. The highest BCUT2D eigenvalue weighted by molar-refractivity contribution is 6.12. The van der Waals surface area contributed by atoms with Crippen molar-refractivity contribution < 1.29 is 8.98 Å². The first-order valence-corrected chi connectivity index (χ1v) is 7.89. The fourth-order valence-corrected chi connectivity index (χ4v) is 3.28. The standard InChI is InChI=1S/C21H17N2O/c1-13-10-11-23(4)18(12-13)19-14(2)8-9-16-15-6-5-7-17(22-3)20(15)24-21(16)19/h5-12H,1-2,4H3/q+1. The summed E-state index contributed by atoms with van der Waals surface area (Å²) in [7, 11) is 2.04. The summed E-state index contributed by atoms with van der Waals surface area (Å²) in [5.41, 5.74) is 6.64. The molecule has 0 bridgehead atoms. The van der Waals surface area contributed by atoms with E-state index in [0.29, 0.717) is 11.3 Å². The van der Waals surface area contributed by atoms with E-state index in [1.54, 1.807) is 6.07 Å². The van der Waals surface area contributed by atoms with Crippen LogP contribution in [0, 0.1) is 20.4 Å². The van der Waals surface area contributed by atoms with Gasteiger partial charge >= 0.3 is 0 Å². The van der Waals surface area contributed by atoms with E-state index in [0.717, 1.165) is 33.2 Å². The van der Waals surface area contributed by atoms with Crippen molar-refractivity contribution in [3.8, 4) is 11.3 Å². The number of para-hydroxylation sites is 1. The van der Waals surface area contributed by atoms with E-state index in [9.17, 15) is 0 Å². The van der Waals surface area contributed by atoms with E-state index < -0.39 is 0 Å². The van der Waals surface area contributed by atoms with Gasteiger partial charge in [-0.25, -0.2) is 9.41 Å². The van der Waals surface area contributed by atoms with Crippen LogP contribution >= 0.6 is 0 Å². The molecule has 0 radical (unpaired) electrons. The van der Waals surface area contributed by atoms with E-state index in [1.165, 1.54) is 5.56 Å². The maximum atomic E-state index is 7.38. The van der Waals surface area contributed by atoms with Crippen LogP contribution in [0.1, 0.15) is 11.1 Å². The molecule has 2 heterocycles. The number of hydrogen-bond donors (Lipinski definition) is 0. The Kier molecular flexibility index (Phi) is 3.14. The summed E-state index contributed by atoms with van der Waals surface area (Å²) < 4.78 is 8.32. The summed E-state index contributed by atoms with van der Waals surface area (Å²) in [4.78, 5) is 3.60. The third-order valence-electron chi connectivity index (χ3n) is 4.54. The first-order chi connectivity index (χ1) is 11.6. The molecular weight excluding hydrogens is 296 g/mol. The van der Waals surface area contributed by atoms with E-state index in [1.807, 2.05) is 19.2 Å². The average Bonchev–Trinajstić information content (AvgIpc) is 2.95. The van der Waals surface area contributed by atoms with Crippen molar-refractivity contribution in [1.82, 2.24) is 0 Å². The van der Waals surface area contributed by atoms with Crippen molar-refractivity contribution in [2.45, 2.75) is 13.8 Å². The Bertz CT molecular complexity index is 1150. The average molecular weight is 313 g/mol. The Morgan fingerprint density at radius 2 is 1.79 bits per heavy atom. The molecule has 0 unspecified atom stereocenters. The summed E-state index contributed by atoms with van der Waals surface area (Å²) in [5, 5.41) is 2.05. The second-order valence-corrected chi connectivity index (χ2v) is 6.20. The molecule has 0 saturated carbocycles. The molecule has 3 heteroatoms. The third kappa shape index (κ3) is 2.00. The van der Waals surface area contributed by atoms with Crippen molar-refractivity contribution >= 4 is 27.6 Å². The van der Waals surface area contributed by atoms with Gasteiger partial charge in [-0.15, -0.1) is 0 Å². The van der Waals surface area contributed by atoms with Crippen LogP contribution in [0.3, 0.4) is 0 Å². The molecule has 3 nitrogen and oxygen atoms in total. The normalized spacial score (nSPS) is 11.1. The highest BCUT2D eigenvalue weighted by Crippen LogP contribution is 2.40. The lowest BCUT2D eigenvalue weighted by atomic mass is 10.00. The molecule has 0 aliphatic heterocycles. The number of fused-ring (bicyclic) bond motifs is 3. The van der Waals surface area contributed by atoms with Gasteiger partial charge in [0, 0.05) is 22.9 Å². The number of benzene rings is 2. The van der Waals surface area contributed by atoms with Crippen molar-refractivity contribution in [3.05, 3.63) is 71.2 Å². The van der Waals surface area contributed by atoms with Crippen molar-refractivity contribution in [2.24, 2.45) is 7.05 Å². The van der Waals surface area contributed by atoms with E-state index in [2.05, 4.69) is 53.7 Å². The van der Waals surface area contributed by atoms with Gasteiger partial charge in [-0.2, -0.15) is 0 Å². The quantitative estimate of drug-likeness (QED) is 0.347. The zero-order valence-electron chi connectivity index (χ0n) is 13.9. The number of pyridine rings is 1. The minimum absolute atomic E-state index is 0.556. The zero-order valence-corrected chi connectivity index (χ0v) is 13.9. The number of furan rings is 1. The first-order valence-electron chi connectivity index (χ1n) is 7.89. The number of hydrogen-bond acceptors (Lipinski definition) is 1. The second-order valence-electron chi connectivity index (χ2n) is 6.20. The van der Waals surface area contributed by atoms with E-state index >= 15 is 0 Å². The molecule has 0 amide bonds. The van der Waals surface area contributed by atoms with E-state index in [4.69, 9.17) is 11.0 Å². The molecule has 0 aliphatic rings. The van der Waals surface area contributed by atoms with Gasteiger partial charge in [0.05, 0.1) is 12.1 Å². The van der Waals surface area contributed by atoms with Crippen LogP contribution in [0.25, 0.3) is 38.0 Å². The monoisotopic (exact) mass is 313 g/mol. The molecule has 0 N–H and O–H groups in total. The van der Waals surface area contributed by atoms with Gasteiger partial charge in [0.25, 0.3) is 0 Å². The molecule has 0 saturated heterocycles. The van der Waals surface area contributed by atoms with Gasteiger partial charge in [-0.05, 0) is 25.0 Å². The summed E-state index contributed by atoms with van der Waals surface area (Å²) in [6.07, 6.45) is 2.07. The maximum absolute atomic E-state index is 7.38. The van der Waals surface area contributed by atoms with Crippen molar-refractivity contribution in [2.75, 3.05) is 0 Å². The van der Waals surface area contributed by atoms with Gasteiger partial charge in [0.15, 0.2) is 6.20 Å². The fourth-order valence-electron chi connectivity index (χ4n) is 3.28. The van der Waals surface area contributed by atoms with Gasteiger partial charge in [0.1, 0.15) is 18.2 Å². The number of rotatable bonds is 1. The van der Waals surface area contributed by atoms with Gasteiger partial charge in [-0.1, -0.05) is 30.3 Å². The predicted octanol–water partition coefficient (Wildman–Crippen LogP) is 5.25. The number of nitrogens with zero attached hydrogens (tertiary/aromatic N) is 2. The SMILES string of the molecule is [C-]#[N+]c1cccc2c1oc1c(-c3cc(C)cc[n+]3C)c(C)ccc12. The summed E-state index contributed by atoms with van der Waals surface area (Å²) >= 11 is 0. The first kappa shape index (κ1) is 14.5. The molecule has 116 valence electrons. The lowest BCUT2D eigenvalue weighted by molar-refractivity contribution is -0.660. The van der Waals surface area contributed by atoms with Crippen LogP contribution in [0.4, 0.5) is 5.69 Å². The maximum Gasteiger partial charge on any atom is 0.229 e. The van der Waals surface area contributed by atoms with E-state index in [-0.39, 0.29) is 0 Å². The summed E-state index contributed by atoms with van der Waals surface area (Å²) in [5.74, 6) is 0. The topological polar surface area (TPSA) is 21.4 Å². The Morgan fingerprint density at radius 1 is 1.00 bits per heavy atom. The molecule has 0 atom stereocenters. The van der Waals surface area contributed by atoms with Crippen LogP contribution in [-0.2, 0) is 7.05 Å². The summed E-state index contributed by atoms with van der Waals surface area (Å²) in [6, 6.07) is 14.2. The van der Waals surface area contributed by atoms with Crippen molar-refractivity contribution in [1.29, 1.82) is 0 Å². The molecule has 2 aromatic carbocycles. The molecule has 0 fully saturated rings. The van der Waals surface area contributed by atoms with Crippen LogP contribution in [0.2, 0.25) is 0 Å². The zero-order chi connectivity index (χ0) is 16.8. The molecule has 4 rings (SSSR count). The van der Waals surface area contributed by atoms with Crippen LogP contribution in [0.15, 0.2) is 53.1 Å². The molecular formula is C21H17N2O+. The minimum atomic E-state index is 0.556. The smallest absolute Gasteiger partial charge is 0.229 e. The van der Waals surface area contributed by atoms with Gasteiger partial charge < -0.3 is 4.42 Å². The van der Waals surface area contributed by atoms with Crippen LogP contribution < -0.4 is 4.57 Å². The lowest BCUT2D eigenvalue weighted by Gasteiger charge is -2.06. The third-order valence-corrected chi connectivity index (χ3v) is 4.54. The molecule has 2 aromatic heterocycles. The molecule has 4 aromatic rings. The molecule has 0 spiro atoms. The number of aromatic nitrogens is 1. The fraction of sp³-hybridized carbons (Fsp3) is 0.143. The van der Waals surface area contributed by atoms with Crippen LogP contribution in [0.5, 0.6) is 0 Å². The largest absolute Gasteiger partial charge is 0.466 e. The van der Waals surface area contributed by atoms with Crippen molar-refractivity contribution in [3.63, 3.8) is 0 Å². The Labute approximate surface area is 140 Å². The summed E-state index contributed by atoms with van der Waals surface area (Å²) in [6.45, 7) is 11.6. The lowest BCUT2D eigenvalue weighted by Crippen LogP contribution is -2.30. The highest BCUT2D eigenvalue weighted by atomic mass is 16.3. The van der Waals surface area contributed by atoms with Gasteiger partial charge in [0.2, 0.25) is 11.4 Å². The van der Waals surface area contributed by atoms with Crippen LogP contribution in [-0.4, -0.2) is 0 Å². The predicted molar refractivity (Wildman–Crippen MR) is 96.1 cm³/mol.